The van der Waals surface area contributed by atoms with E-state index in [1.165, 1.54) is 0 Å². The molecule has 0 fully saturated rings. The molecule has 0 heterocycles. The third kappa shape index (κ3) is 2.95. The van der Waals surface area contributed by atoms with Crippen LogP contribution in [0.15, 0.2) is 59.7 Å². The Hall–Kier alpha value is -2.62. The first kappa shape index (κ1) is 11.9. The van der Waals surface area contributed by atoms with Gasteiger partial charge in [-0.15, -0.1) is 0 Å². The highest BCUT2D eigenvalue weighted by Crippen LogP contribution is 2.09. The summed E-state index contributed by atoms with van der Waals surface area (Å²) < 4.78 is 0. The van der Waals surface area contributed by atoms with Crippen molar-refractivity contribution in [2.24, 2.45) is 5.10 Å². The van der Waals surface area contributed by atoms with Gasteiger partial charge in [0.05, 0.1) is 11.8 Å². The Morgan fingerprint density at radius 2 is 1.72 bits per heavy atom. The fourth-order valence-electron chi connectivity index (χ4n) is 1.47. The third-order valence-corrected chi connectivity index (χ3v) is 2.38. The van der Waals surface area contributed by atoms with Crippen LogP contribution in [0.25, 0.3) is 0 Å². The van der Waals surface area contributed by atoms with Crippen LogP contribution in [0.3, 0.4) is 0 Å². The zero-order chi connectivity index (χ0) is 12.8. The predicted molar refractivity (Wildman–Crippen MR) is 72.4 cm³/mol. The molecule has 0 aliphatic rings. The van der Waals surface area contributed by atoms with Crippen molar-refractivity contribution in [3.63, 3.8) is 0 Å². The summed E-state index contributed by atoms with van der Waals surface area (Å²) >= 11 is 0. The average molecular weight is 239 g/mol. The summed E-state index contributed by atoms with van der Waals surface area (Å²) in [5.74, 6) is -0.319. The van der Waals surface area contributed by atoms with E-state index < -0.39 is 0 Å². The Kier molecular flexibility index (Phi) is 3.71. The molecule has 2 aromatic rings. The molecule has 2 rings (SSSR count). The van der Waals surface area contributed by atoms with Crippen molar-refractivity contribution < 1.29 is 4.79 Å². The smallest absolute Gasteiger partial charge is 0.273 e. The van der Waals surface area contributed by atoms with Crippen molar-refractivity contribution in [3.05, 3.63) is 65.7 Å². The number of nitrogens with two attached hydrogens (primary N) is 1. The molecule has 2 aromatic carbocycles. The highest BCUT2D eigenvalue weighted by molar-refractivity contribution is 5.99. The Balaban J connectivity index is 2.01. The monoisotopic (exact) mass is 239 g/mol. The van der Waals surface area contributed by atoms with E-state index in [2.05, 4.69) is 10.5 Å². The fraction of sp³-hybridized carbons (Fsp3) is 0. The molecule has 0 atom stereocenters. The minimum atomic E-state index is -0.319. The van der Waals surface area contributed by atoms with Crippen LogP contribution in [0.2, 0.25) is 0 Å². The van der Waals surface area contributed by atoms with Gasteiger partial charge in [0.15, 0.2) is 0 Å². The maximum atomic E-state index is 11.8. The van der Waals surface area contributed by atoms with Gasteiger partial charge in [0.1, 0.15) is 0 Å². The van der Waals surface area contributed by atoms with Gasteiger partial charge >= 0.3 is 0 Å². The zero-order valence-electron chi connectivity index (χ0n) is 9.71. The lowest BCUT2D eigenvalue weighted by atomic mass is 10.2. The number of rotatable bonds is 3. The van der Waals surface area contributed by atoms with Crippen LogP contribution < -0.4 is 11.2 Å². The molecule has 3 N–H and O–H groups in total. The van der Waals surface area contributed by atoms with Crippen LogP contribution in [0.1, 0.15) is 15.9 Å². The number of para-hydroxylation sites is 1. The predicted octanol–water partition coefficient (Wildman–Crippen LogP) is 2.03. The van der Waals surface area contributed by atoms with Crippen LogP contribution in [0.5, 0.6) is 0 Å². The molecule has 0 aliphatic heterocycles. The number of nitrogens with one attached hydrogen (secondary N) is 1. The summed E-state index contributed by atoms with van der Waals surface area (Å²) in [5.41, 5.74) is 9.90. The van der Waals surface area contributed by atoms with E-state index in [1.807, 2.05) is 30.3 Å². The van der Waals surface area contributed by atoms with Crippen LogP contribution in [0, 0.1) is 0 Å². The summed E-state index contributed by atoms with van der Waals surface area (Å²) in [7, 11) is 0. The first-order chi connectivity index (χ1) is 8.77. The SMILES string of the molecule is Nc1ccccc1C(=O)NN=Cc1ccccc1. The maximum Gasteiger partial charge on any atom is 0.273 e. The molecule has 4 nitrogen and oxygen atoms in total. The van der Waals surface area contributed by atoms with Gasteiger partial charge in [0, 0.05) is 5.69 Å². The van der Waals surface area contributed by atoms with Crippen LogP contribution in [-0.2, 0) is 0 Å². The molecule has 0 saturated carbocycles. The summed E-state index contributed by atoms with van der Waals surface area (Å²) in [6, 6.07) is 16.4. The Morgan fingerprint density at radius 3 is 2.44 bits per heavy atom. The summed E-state index contributed by atoms with van der Waals surface area (Å²) in [5, 5.41) is 3.88. The van der Waals surface area contributed by atoms with Gasteiger partial charge in [0.2, 0.25) is 0 Å². The van der Waals surface area contributed by atoms with Gasteiger partial charge in [-0.1, -0.05) is 42.5 Å². The number of carbonyl (C=O) groups is 1. The highest BCUT2D eigenvalue weighted by Gasteiger charge is 2.06. The zero-order valence-corrected chi connectivity index (χ0v) is 9.71. The lowest BCUT2D eigenvalue weighted by Crippen LogP contribution is -2.18. The number of anilines is 1. The molecule has 0 saturated heterocycles. The van der Waals surface area contributed by atoms with Crippen molar-refractivity contribution in [1.29, 1.82) is 0 Å². The Bertz CT molecular complexity index is 564. The molecular formula is C14H13N3O. The number of hydrazone groups is 1. The fourth-order valence-corrected chi connectivity index (χ4v) is 1.47. The second kappa shape index (κ2) is 5.63. The largest absolute Gasteiger partial charge is 0.398 e. The van der Waals surface area contributed by atoms with E-state index in [1.54, 1.807) is 30.5 Å². The van der Waals surface area contributed by atoms with Crippen molar-refractivity contribution in [2.75, 3.05) is 5.73 Å². The van der Waals surface area contributed by atoms with Gasteiger partial charge in [-0.2, -0.15) is 5.10 Å². The molecule has 0 bridgehead atoms. The van der Waals surface area contributed by atoms with Crippen molar-refractivity contribution in [3.8, 4) is 0 Å². The van der Waals surface area contributed by atoms with E-state index in [9.17, 15) is 4.79 Å². The number of hydrogen-bond donors (Lipinski definition) is 2. The van der Waals surface area contributed by atoms with Gasteiger partial charge < -0.3 is 5.73 Å². The molecule has 1 amide bonds. The summed E-state index contributed by atoms with van der Waals surface area (Å²) in [6.45, 7) is 0. The van der Waals surface area contributed by atoms with Crippen molar-refractivity contribution >= 4 is 17.8 Å². The first-order valence-electron chi connectivity index (χ1n) is 5.50. The number of hydrogen-bond acceptors (Lipinski definition) is 3. The van der Waals surface area contributed by atoms with Crippen molar-refractivity contribution in [1.82, 2.24) is 5.43 Å². The van der Waals surface area contributed by atoms with Crippen molar-refractivity contribution in [2.45, 2.75) is 0 Å². The van der Waals surface area contributed by atoms with Gasteiger partial charge in [-0.25, -0.2) is 5.43 Å². The van der Waals surface area contributed by atoms with E-state index in [0.29, 0.717) is 11.3 Å². The maximum absolute atomic E-state index is 11.8. The number of amides is 1. The second-order valence-electron chi connectivity index (χ2n) is 3.70. The molecule has 0 radical (unpaired) electrons. The van der Waals surface area contributed by atoms with E-state index in [0.717, 1.165) is 5.56 Å². The molecule has 0 spiro atoms. The van der Waals surface area contributed by atoms with E-state index >= 15 is 0 Å². The van der Waals surface area contributed by atoms with Gasteiger partial charge in [0.25, 0.3) is 5.91 Å². The summed E-state index contributed by atoms with van der Waals surface area (Å²) in [4.78, 5) is 11.8. The molecule has 18 heavy (non-hydrogen) atoms. The van der Waals surface area contributed by atoms with Crippen LogP contribution in [-0.4, -0.2) is 12.1 Å². The molecule has 0 aromatic heterocycles. The number of nitrogen functional groups attached to an aromatic ring is 1. The Morgan fingerprint density at radius 1 is 1.06 bits per heavy atom. The molecule has 90 valence electrons. The lowest BCUT2D eigenvalue weighted by Gasteiger charge is -2.02. The average Bonchev–Trinajstić information content (AvgIpc) is 2.40. The lowest BCUT2D eigenvalue weighted by molar-refractivity contribution is 0.0956. The van der Waals surface area contributed by atoms with Gasteiger partial charge in [-0.3, -0.25) is 4.79 Å². The third-order valence-electron chi connectivity index (χ3n) is 2.38. The van der Waals surface area contributed by atoms with Crippen LogP contribution in [0.4, 0.5) is 5.69 Å². The van der Waals surface area contributed by atoms with Crippen LogP contribution >= 0.6 is 0 Å². The van der Waals surface area contributed by atoms with E-state index in [4.69, 9.17) is 5.73 Å². The number of benzene rings is 2. The first-order valence-corrected chi connectivity index (χ1v) is 5.50. The molecular weight excluding hydrogens is 226 g/mol. The molecule has 0 aliphatic carbocycles. The van der Waals surface area contributed by atoms with Gasteiger partial charge in [-0.05, 0) is 17.7 Å². The van der Waals surface area contributed by atoms with E-state index in [-0.39, 0.29) is 5.91 Å². The number of carbonyl (C=O) groups excluding carboxylic acids is 1. The highest BCUT2D eigenvalue weighted by atomic mass is 16.2. The topological polar surface area (TPSA) is 67.5 Å². The quantitative estimate of drug-likeness (QED) is 0.489. The molecule has 0 unspecified atom stereocenters. The molecule has 4 heteroatoms. The normalized spacial score (nSPS) is 10.4. The standard InChI is InChI=1S/C14H13N3O/c15-13-9-5-4-8-12(13)14(18)17-16-10-11-6-2-1-3-7-11/h1-10H,15H2,(H,17,18). The second-order valence-corrected chi connectivity index (χ2v) is 3.70. The summed E-state index contributed by atoms with van der Waals surface area (Å²) in [6.07, 6.45) is 1.58. The minimum absolute atomic E-state index is 0.319. The minimum Gasteiger partial charge on any atom is -0.398 e. The number of nitrogens with zero attached hydrogens (tertiary/aromatic N) is 1. The Labute approximate surface area is 105 Å².